The molecule has 0 aliphatic heterocycles. The van der Waals surface area contributed by atoms with Crippen molar-refractivity contribution in [2.24, 2.45) is 11.7 Å². The fraction of sp³-hybridized carbons (Fsp3) is 0.538. The molecular weight excluding hydrogens is 294 g/mol. The molecule has 1 aromatic rings. The van der Waals surface area contributed by atoms with Gasteiger partial charge in [0.05, 0.1) is 4.92 Å². The first-order valence-corrected chi connectivity index (χ1v) is 8.23. The average Bonchev–Trinajstić information content (AvgIpc) is 3.22. The number of nitrogens with two attached hydrogens (primary N) is 1. The van der Waals surface area contributed by atoms with Crippen LogP contribution < -0.4 is 10.5 Å². The van der Waals surface area contributed by atoms with E-state index >= 15 is 0 Å². The number of benzene rings is 1. The first-order valence-electron chi connectivity index (χ1n) is 6.75. The van der Waals surface area contributed by atoms with Gasteiger partial charge in [-0.15, -0.1) is 0 Å². The third-order valence-corrected chi connectivity index (χ3v) is 5.54. The molecule has 7 nitrogen and oxygen atoms in total. The maximum Gasteiger partial charge on any atom is 0.289 e. The number of sulfonamides is 1. The highest BCUT2D eigenvalue weighted by Crippen LogP contribution is 2.34. The summed E-state index contributed by atoms with van der Waals surface area (Å²) in [6.45, 7) is 3.48. The van der Waals surface area contributed by atoms with Gasteiger partial charge in [0.1, 0.15) is 0 Å². The fourth-order valence-corrected chi connectivity index (χ4v) is 4.14. The van der Waals surface area contributed by atoms with Crippen molar-refractivity contribution in [3.63, 3.8) is 0 Å². The minimum Gasteiger partial charge on any atom is -0.329 e. The Labute approximate surface area is 123 Å². The Hall–Kier alpha value is -1.51. The SMILES string of the molecule is Cc1ccc([N+](=O)[O-])c(S(=O)(=O)N[C@@H](CN)C2CC2)c1C. The second-order valence-electron chi connectivity index (χ2n) is 5.41. The van der Waals surface area contributed by atoms with Crippen LogP contribution in [0.3, 0.4) is 0 Å². The van der Waals surface area contributed by atoms with E-state index in [0.717, 1.165) is 12.8 Å². The minimum absolute atomic E-state index is 0.183. The largest absolute Gasteiger partial charge is 0.329 e. The van der Waals surface area contributed by atoms with Crippen LogP contribution in [0.5, 0.6) is 0 Å². The van der Waals surface area contributed by atoms with E-state index in [2.05, 4.69) is 4.72 Å². The van der Waals surface area contributed by atoms with Gasteiger partial charge in [0.25, 0.3) is 5.69 Å². The van der Waals surface area contributed by atoms with Crippen molar-refractivity contribution in [2.45, 2.75) is 37.6 Å². The number of hydrogen-bond donors (Lipinski definition) is 2. The molecule has 116 valence electrons. The molecular formula is C13H19N3O4S. The summed E-state index contributed by atoms with van der Waals surface area (Å²) in [6.07, 6.45) is 1.86. The molecule has 8 heteroatoms. The van der Waals surface area contributed by atoms with Gasteiger partial charge in [-0.25, -0.2) is 13.1 Å². The molecule has 2 rings (SSSR count). The van der Waals surface area contributed by atoms with Gasteiger partial charge in [0, 0.05) is 18.7 Å². The van der Waals surface area contributed by atoms with Gasteiger partial charge in [-0.3, -0.25) is 10.1 Å². The quantitative estimate of drug-likeness (QED) is 0.605. The maximum atomic E-state index is 12.6. The molecule has 3 N–H and O–H groups in total. The molecule has 1 atom stereocenters. The van der Waals surface area contributed by atoms with Crippen LogP contribution in [0.15, 0.2) is 17.0 Å². The third-order valence-electron chi connectivity index (χ3n) is 3.87. The smallest absolute Gasteiger partial charge is 0.289 e. The van der Waals surface area contributed by atoms with Crippen LogP contribution in [-0.2, 0) is 10.0 Å². The summed E-state index contributed by atoms with van der Waals surface area (Å²) in [6, 6.07) is 2.41. The molecule has 1 aromatic carbocycles. The lowest BCUT2D eigenvalue weighted by atomic mass is 10.1. The number of nitro groups is 1. The molecule has 1 fully saturated rings. The molecule has 0 radical (unpaired) electrons. The van der Waals surface area contributed by atoms with Crippen molar-refractivity contribution >= 4 is 15.7 Å². The van der Waals surface area contributed by atoms with E-state index in [-0.39, 0.29) is 23.4 Å². The molecule has 21 heavy (non-hydrogen) atoms. The summed E-state index contributed by atoms with van der Waals surface area (Å²) < 4.78 is 27.6. The van der Waals surface area contributed by atoms with Crippen molar-refractivity contribution in [1.82, 2.24) is 4.72 Å². The molecule has 1 saturated carbocycles. The number of hydrogen-bond acceptors (Lipinski definition) is 5. The minimum atomic E-state index is -3.98. The normalized spacial score (nSPS) is 16.7. The second-order valence-corrected chi connectivity index (χ2v) is 7.06. The highest BCUT2D eigenvalue weighted by molar-refractivity contribution is 7.89. The summed E-state index contributed by atoms with van der Waals surface area (Å²) >= 11 is 0. The van der Waals surface area contributed by atoms with Crippen molar-refractivity contribution in [2.75, 3.05) is 6.54 Å². The van der Waals surface area contributed by atoms with Gasteiger partial charge in [0.2, 0.25) is 10.0 Å². The van der Waals surface area contributed by atoms with Crippen molar-refractivity contribution < 1.29 is 13.3 Å². The van der Waals surface area contributed by atoms with E-state index in [1.807, 2.05) is 0 Å². The van der Waals surface area contributed by atoms with Crippen LogP contribution in [0.4, 0.5) is 5.69 Å². The summed E-state index contributed by atoms with van der Waals surface area (Å²) in [7, 11) is -3.98. The Kier molecular flexibility index (Phi) is 4.31. The lowest BCUT2D eigenvalue weighted by molar-refractivity contribution is -0.387. The Morgan fingerprint density at radius 2 is 2.05 bits per heavy atom. The molecule has 0 unspecified atom stereocenters. The first-order chi connectivity index (χ1) is 9.77. The zero-order chi connectivity index (χ0) is 15.8. The summed E-state index contributed by atoms with van der Waals surface area (Å²) in [4.78, 5) is 10.2. The number of rotatable bonds is 6. The average molecular weight is 313 g/mol. The Morgan fingerprint density at radius 3 is 2.52 bits per heavy atom. The van der Waals surface area contributed by atoms with Gasteiger partial charge in [0.15, 0.2) is 4.90 Å². The van der Waals surface area contributed by atoms with Gasteiger partial charge in [-0.1, -0.05) is 6.07 Å². The predicted octanol–water partition coefficient (Wildman–Crippen LogP) is 1.23. The molecule has 0 bridgehead atoms. The number of nitrogens with one attached hydrogen (secondary N) is 1. The van der Waals surface area contributed by atoms with Crippen LogP contribution >= 0.6 is 0 Å². The predicted molar refractivity (Wildman–Crippen MR) is 78.5 cm³/mol. The number of nitrogens with zero attached hydrogens (tertiary/aromatic N) is 1. The maximum absolute atomic E-state index is 12.6. The molecule has 0 heterocycles. The van der Waals surface area contributed by atoms with Crippen LogP contribution in [0.25, 0.3) is 0 Å². The van der Waals surface area contributed by atoms with Crippen LogP contribution in [-0.4, -0.2) is 25.9 Å². The van der Waals surface area contributed by atoms with E-state index < -0.39 is 20.6 Å². The van der Waals surface area contributed by atoms with Crippen molar-refractivity contribution in [1.29, 1.82) is 0 Å². The molecule has 0 saturated heterocycles. The highest BCUT2D eigenvalue weighted by atomic mass is 32.2. The van der Waals surface area contributed by atoms with Crippen molar-refractivity contribution in [3.8, 4) is 0 Å². The lowest BCUT2D eigenvalue weighted by Crippen LogP contribution is -2.42. The van der Waals surface area contributed by atoms with Crippen LogP contribution in [0, 0.1) is 29.9 Å². The third kappa shape index (κ3) is 3.22. The summed E-state index contributed by atoms with van der Waals surface area (Å²) in [5.74, 6) is 0.231. The molecule has 0 spiro atoms. The van der Waals surface area contributed by atoms with Crippen LogP contribution in [0.1, 0.15) is 24.0 Å². The van der Waals surface area contributed by atoms with Gasteiger partial charge >= 0.3 is 0 Å². The zero-order valence-corrected chi connectivity index (χ0v) is 12.8. The van der Waals surface area contributed by atoms with Crippen LogP contribution in [0.2, 0.25) is 0 Å². The van der Waals surface area contributed by atoms with E-state index in [1.54, 1.807) is 19.9 Å². The zero-order valence-electron chi connectivity index (χ0n) is 12.0. The standard InChI is InChI=1S/C13H19N3O4S/c1-8-3-6-12(16(17)18)13(9(8)2)21(19,20)15-11(7-14)10-4-5-10/h3,6,10-11,15H,4-5,7,14H2,1-2H3/t11-/m0/s1. The Bertz CT molecular complexity index is 668. The molecule has 0 aromatic heterocycles. The van der Waals surface area contributed by atoms with Crippen molar-refractivity contribution in [3.05, 3.63) is 33.4 Å². The van der Waals surface area contributed by atoms with E-state index in [4.69, 9.17) is 5.73 Å². The molecule has 0 amide bonds. The Morgan fingerprint density at radius 1 is 1.43 bits per heavy atom. The molecule has 1 aliphatic rings. The van der Waals surface area contributed by atoms with E-state index in [0.29, 0.717) is 11.1 Å². The summed E-state index contributed by atoms with van der Waals surface area (Å²) in [5.41, 5.74) is 6.28. The van der Waals surface area contributed by atoms with E-state index in [9.17, 15) is 18.5 Å². The monoisotopic (exact) mass is 313 g/mol. The fourth-order valence-electron chi connectivity index (χ4n) is 2.35. The highest BCUT2D eigenvalue weighted by Gasteiger charge is 2.36. The first kappa shape index (κ1) is 15.9. The lowest BCUT2D eigenvalue weighted by Gasteiger charge is -2.17. The van der Waals surface area contributed by atoms with Gasteiger partial charge < -0.3 is 5.73 Å². The number of nitro benzene ring substituents is 1. The molecule has 1 aliphatic carbocycles. The van der Waals surface area contributed by atoms with Gasteiger partial charge in [-0.2, -0.15) is 0 Å². The topological polar surface area (TPSA) is 115 Å². The summed E-state index contributed by atoms with van der Waals surface area (Å²) in [5, 5.41) is 11.1. The Balaban J connectivity index is 2.47. The van der Waals surface area contributed by atoms with Gasteiger partial charge in [-0.05, 0) is 43.7 Å². The number of aryl methyl sites for hydroxylation is 1. The second kappa shape index (κ2) is 5.70. The van der Waals surface area contributed by atoms with E-state index in [1.165, 1.54) is 6.07 Å².